The van der Waals surface area contributed by atoms with Gasteiger partial charge in [0, 0.05) is 5.41 Å². The highest BCUT2D eigenvalue weighted by molar-refractivity contribution is 5.34. The molecule has 0 aliphatic rings. The van der Waals surface area contributed by atoms with E-state index < -0.39 is 18.0 Å². The van der Waals surface area contributed by atoms with Crippen LogP contribution < -0.4 is 0 Å². The molecule has 0 saturated heterocycles. The molecule has 1 N–H and O–H groups in total. The van der Waals surface area contributed by atoms with Crippen molar-refractivity contribution in [1.29, 1.82) is 0 Å². The number of aliphatic hydroxyl groups is 1. The van der Waals surface area contributed by atoms with Crippen molar-refractivity contribution < 1.29 is 18.3 Å². The van der Waals surface area contributed by atoms with E-state index in [1.54, 1.807) is 32.0 Å². The second-order valence-corrected chi connectivity index (χ2v) is 4.49. The van der Waals surface area contributed by atoms with Gasteiger partial charge in [-0.3, -0.25) is 0 Å². The van der Waals surface area contributed by atoms with E-state index in [0.717, 1.165) is 0 Å². The second-order valence-electron chi connectivity index (χ2n) is 4.49. The molecule has 0 fully saturated rings. The molecule has 1 aromatic carbocycles. The lowest BCUT2D eigenvalue weighted by atomic mass is 9.82. The van der Waals surface area contributed by atoms with Crippen LogP contribution in [0.15, 0.2) is 24.3 Å². The first-order valence-electron chi connectivity index (χ1n) is 5.02. The fraction of sp³-hybridized carbons (Fsp3) is 0.500. The van der Waals surface area contributed by atoms with Crippen molar-refractivity contribution in [3.63, 3.8) is 0 Å². The Kier molecular flexibility index (Phi) is 3.63. The molecular weight excluding hydrogens is 217 g/mol. The minimum absolute atomic E-state index is 0.179. The Hall–Kier alpha value is -1.03. The topological polar surface area (TPSA) is 20.2 Å². The fourth-order valence-corrected chi connectivity index (χ4v) is 1.64. The molecule has 0 unspecified atom stereocenters. The van der Waals surface area contributed by atoms with E-state index in [2.05, 4.69) is 0 Å². The summed E-state index contributed by atoms with van der Waals surface area (Å²) in [6, 6.07) is 6.36. The number of benzene rings is 1. The molecule has 90 valence electrons. The van der Waals surface area contributed by atoms with Gasteiger partial charge < -0.3 is 5.11 Å². The molecular formula is C12H15F3O. The molecule has 1 rings (SSSR count). The first-order chi connectivity index (χ1) is 7.26. The first kappa shape index (κ1) is 13.0. The van der Waals surface area contributed by atoms with E-state index in [9.17, 15) is 18.3 Å². The quantitative estimate of drug-likeness (QED) is 0.849. The molecule has 1 aromatic rings. The molecule has 0 aliphatic carbocycles. The summed E-state index contributed by atoms with van der Waals surface area (Å²) >= 11 is 0. The molecule has 0 aliphatic heterocycles. The van der Waals surface area contributed by atoms with Crippen molar-refractivity contribution in [2.24, 2.45) is 0 Å². The Morgan fingerprint density at radius 2 is 1.69 bits per heavy atom. The van der Waals surface area contributed by atoms with E-state index in [-0.39, 0.29) is 12.2 Å². The van der Waals surface area contributed by atoms with E-state index in [0.29, 0.717) is 5.56 Å². The maximum atomic E-state index is 12.4. The van der Waals surface area contributed by atoms with Crippen LogP contribution in [0.2, 0.25) is 0 Å². The molecule has 1 nitrogen and oxygen atoms in total. The average molecular weight is 232 g/mol. The highest BCUT2D eigenvalue weighted by atomic mass is 19.4. The Balaban J connectivity index is 3.11. The van der Waals surface area contributed by atoms with Gasteiger partial charge in [-0.05, 0) is 11.1 Å². The zero-order valence-corrected chi connectivity index (χ0v) is 9.30. The molecule has 0 amide bonds. The third-order valence-corrected chi connectivity index (χ3v) is 2.53. The van der Waals surface area contributed by atoms with E-state index >= 15 is 0 Å². The molecule has 0 atom stereocenters. The SMILES string of the molecule is CC(C)(CO)c1ccccc1CC(F)(F)F. The molecule has 0 aromatic heterocycles. The van der Waals surface area contributed by atoms with Crippen LogP contribution in [0.1, 0.15) is 25.0 Å². The maximum Gasteiger partial charge on any atom is 0.393 e. The van der Waals surface area contributed by atoms with Crippen LogP contribution in [-0.2, 0) is 11.8 Å². The van der Waals surface area contributed by atoms with Crippen LogP contribution in [-0.4, -0.2) is 17.9 Å². The smallest absolute Gasteiger partial charge is 0.393 e. The predicted molar refractivity (Wildman–Crippen MR) is 56.3 cm³/mol. The molecule has 0 radical (unpaired) electrons. The van der Waals surface area contributed by atoms with Crippen molar-refractivity contribution in [1.82, 2.24) is 0 Å². The van der Waals surface area contributed by atoms with Crippen molar-refractivity contribution in [3.8, 4) is 0 Å². The van der Waals surface area contributed by atoms with Crippen LogP contribution >= 0.6 is 0 Å². The largest absolute Gasteiger partial charge is 0.395 e. The summed E-state index contributed by atoms with van der Waals surface area (Å²) in [4.78, 5) is 0. The summed E-state index contributed by atoms with van der Waals surface area (Å²) in [6.45, 7) is 3.27. The minimum Gasteiger partial charge on any atom is -0.395 e. The second kappa shape index (κ2) is 4.45. The lowest BCUT2D eigenvalue weighted by molar-refractivity contribution is -0.127. The zero-order chi connectivity index (χ0) is 12.4. The van der Waals surface area contributed by atoms with Gasteiger partial charge in [0.2, 0.25) is 0 Å². The fourth-order valence-electron chi connectivity index (χ4n) is 1.64. The van der Waals surface area contributed by atoms with Crippen LogP contribution in [0, 0.1) is 0 Å². The summed E-state index contributed by atoms with van der Waals surface area (Å²) in [5, 5.41) is 9.19. The highest BCUT2D eigenvalue weighted by Crippen LogP contribution is 2.30. The summed E-state index contributed by atoms with van der Waals surface area (Å²) in [7, 11) is 0. The normalized spacial score (nSPS) is 12.9. The first-order valence-corrected chi connectivity index (χ1v) is 5.02. The van der Waals surface area contributed by atoms with Crippen LogP contribution in [0.25, 0.3) is 0 Å². The van der Waals surface area contributed by atoms with Crippen LogP contribution in [0.3, 0.4) is 0 Å². The van der Waals surface area contributed by atoms with Gasteiger partial charge >= 0.3 is 6.18 Å². The Morgan fingerprint density at radius 1 is 1.12 bits per heavy atom. The average Bonchev–Trinajstić information content (AvgIpc) is 2.16. The van der Waals surface area contributed by atoms with Gasteiger partial charge in [0.25, 0.3) is 0 Å². The molecule has 0 bridgehead atoms. The standard InChI is InChI=1S/C12H15F3O/c1-11(2,8-16)10-6-4-3-5-9(10)7-12(13,14)15/h3-6,16H,7-8H2,1-2H3. The lowest BCUT2D eigenvalue weighted by Gasteiger charge is -2.25. The van der Waals surface area contributed by atoms with Crippen molar-refractivity contribution in [3.05, 3.63) is 35.4 Å². The van der Waals surface area contributed by atoms with Gasteiger partial charge in [0.05, 0.1) is 13.0 Å². The van der Waals surface area contributed by atoms with Crippen LogP contribution in [0.4, 0.5) is 13.2 Å². The third-order valence-electron chi connectivity index (χ3n) is 2.53. The molecule has 4 heteroatoms. The molecule has 16 heavy (non-hydrogen) atoms. The number of alkyl halides is 3. The van der Waals surface area contributed by atoms with Crippen molar-refractivity contribution >= 4 is 0 Å². The van der Waals surface area contributed by atoms with Crippen LogP contribution in [0.5, 0.6) is 0 Å². The van der Waals surface area contributed by atoms with Gasteiger partial charge in [-0.15, -0.1) is 0 Å². The van der Waals surface area contributed by atoms with E-state index in [1.165, 1.54) is 6.07 Å². The Labute approximate surface area is 92.9 Å². The summed E-state index contributed by atoms with van der Waals surface area (Å²) in [5.41, 5.74) is 0.130. The van der Waals surface area contributed by atoms with E-state index in [1.807, 2.05) is 0 Å². The van der Waals surface area contributed by atoms with Gasteiger partial charge in [-0.25, -0.2) is 0 Å². The lowest BCUT2D eigenvalue weighted by Crippen LogP contribution is -2.25. The summed E-state index contributed by atoms with van der Waals surface area (Å²) in [5.74, 6) is 0. The number of halogens is 3. The van der Waals surface area contributed by atoms with E-state index in [4.69, 9.17) is 0 Å². The molecule has 0 heterocycles. The Morgan fingerprint density at radius 3 is 2.19 bits per heavy atom. The van der Waals surface area contributed by atoms with Gasteiger partial charge in [-0.2, -0.15) is 13.2 Å². The van der Waals surface area contributed by atoms with Gasteiger partial charge in [0.1, 0.15) is 0 Å². The molecule has 0 spiro atoms. The summed E-state index contributed by atoms with van der Waals surface area (Å²) < 4.78 is 37.1. The minimum atomic E-state index is -4.22. The van der Waals surface area contributed by atoms with Gasteiger partial charge in [-0.1, -0.05) is 38.1 Å². The molecule has 0 saturated carbocycles. The van der Waals surface area contributed by atoms with Crippen molar-refractivity contribution in [2.45, 2.75) is 31.9 Å². The zero-order valence-electron chi connectivity index (χ0n) is 9.30. The number of aliphatic hydroxyl groups excluding tert-OH is 1. The number of hydrogen-bond donors (Lipinski definition) is 1. The van der Waals surface area contributed by atoms with Gasteiger partial charge in [0.15, 0.2) is 0 Å². The monoisotopic (exact) mass is 232 g/mol. The van der Waals surface area contributed by atoms with Crippen molar-refractivity contribution in [2.75, 3.05) is 6.61 Å². The predicted octanol–water partition coefficient (Wildman–Crippen LogP) is 3.06. The summed E-state index contributed by atoms with van der Waals surface area (Å²) in [6.07, 6.45) is -5.17. The number of rotatable bonds is 3. The maximum absolute atomic E-state index is 12.4. The highest BCUT2D eigenvalue weighted by Gasteiger charge is 2.31. The Bertz CT molecular complexity index is 356. The number of hydrogen-bond acceptors (Lipinski definition) is 1. The third kappa shape index (κ3) is 3.23.